The van der Waals surface area contributed by atoms with Gasteiger partial charge in [0.1, 0.15) is 6.67 Å². The number of nitrogens with zero attached hydrogens (tertiary/aromatic N) is 2. The zero-order valence-electron chi connectivity index (χ0n) is 8.96. The van der Waals surface area contributed by atoms with Gasteiger partial charge in [0.25, 0.3) is 0 Å². The lowest BCUT2D eigenvalue weighted by atomic mass is 10.1. The summed E-state index contributed by atoms with van der Waals surface area (Å²) in [6.45, 7) is 4.86. The van der Waals surface area contributed by atoms with Gasteiger partial charge in [0.05, 0.1) is 18.8 Å². The molecule has 0 amide bonds. The van der Waals surface area contributed by atoms with Crippen LogP contribution >= 0.6 is 0 Å². The van der Waals surface area contributed by atoms with E-state index in [0.717, 1.165) is 5.56 Å². The monoisotopic (exact) mass is 200 g/mol. The van der Waals surface area contributed by atoms with E-state index >= 15 is 0 Å². The summed E-state index contributed by atoms with van der Waals surface area (Å²) in [4.78, 5) is 0. The fraction of sp³-hybridized carbons (Fsp3) is 0.700. The molecule has 0 bridgehead atoms. The molecular formula is C10H17FN2O. The van der Waals surface area contributed by atoms with Crippen LogP contribution in [0, 0.1) is 0 Å². The molecule has 1 aromatic rings. The van der Waals surface area contributed by atoms with E-state index < -0.39 is 6.67 Å². The molecule has 0 atom stereocenters. The Morgan fingerprint density at radius 3 is 2.71 bits per heavy atom. The summed E-state index contributed by atoms with van der Waals surface area (Å²) in [6.07, 6.45) is 1.90. The predicted molar refractivity (Wildman–Crippen MR) is 53.0 cm³/mol. The molecule has 0 aliphatic heterocycles. The molecule has 14 heavy (non-hydrogen) atoms. The lowest BCUT2D eigenvalue weighted by Gasteiger charge is -2.00. The van der Waals surface area contributed by atoms with E-state index in [2.05, 4.69) is 5.10 Å². The van der Waals surface area contributed by atoms with Crippen LogP contribution in [0.15, 0.2) is 6.20 Å². The van der Waals surface area contributed by atoms with Crippen molar-refractivity contribution >= 4 is 0 Å². The highest BCUT2D eigenvalue weighted by molar-refractivity contribution is 5.20. The van der Waals surface area contributed by atoms with Crippen LogP contribution < -0.4 is 0 Å². The van der Waals surface area contributed by atoms with Gasteiger partial charge in [-0.05, 0) is 11.5 Å². The molecule has 0 saturated heterocycles. The van der Waals surface area contributed by atoms with Gasteiger partial charge in [-0.1, -0.05) is 13.8 Å². The van der Waals surface area contributed by atoms with Crippen molar-refractivity contribution in [1.29, 1.82) is 0 Å². The molecule has 0 unspecified atom stereocenters. The first-order valence-electron chi connectivity index (χ1n) is 4.80. The topological polar surface area (TPSA) is 27.1 Å². The third kappa shape index (κ3) is 2.54. The van der Waals surface area contributed by atoms with Crippen LogP contribution in [0.2, 0.25) is 0 Å². The van der Waals surface area contributed by atoms with E-state index in [1.54, 1.807) is 11.8 Å². The van der Waals surface area contributed by atoms with Gasteiger partial charge in [-0.25, -0.2) is 4.39 Å². The minimum Gasteiger partial charge on any atom is -0.383 e. The third-order valence-electron chi connectivity index (χ3n) is 2.14. The van der Waals surface area contributed by atoms with Crippen molar-refractivity contribution in [1.82, 2.24) is 9.78 Å². The van der Waals surface area contributed by atoms with Gasteiger partial charge in [0, 0.05) is 13.3 Å². The molecule has 1 heterocycles. The average molecular weight is 200 g/mol. The Morgan fingerprint density at radius 1 is 1.57 bits per heavy atom. The first kappa shape index (κ1) is 11.2. The first-order chi connectivity index (χ1) is 6.69. The van der Waals surface area contributed by atoms with Gasteiger partial charge in [-0.15, -0.1) is 0 Å². The van der Waals surface area contributed by atoms with E-state index in [4.69, 9.17) is 4.74 Å². The second-order valence-corrected chi connectivity index (χ2v) is 3.58. The molecule has 0 aliphatic rings. The molecule has 0 radical (unpaired) electrons. The molecule has 0 spiro atoms. The molecule has 0 fully saturated rings. The predicted octanol–water partition coefficient (Wildman–Crippen LogP) is 2.12. The van der Waals surface area contributed by atoms with Crippen LogP contribution in [0.3, 0.4) is 0 Å². The number of hydrogen-bond acceptors (Lipinski definition) is 2. The molecule has 4 heteroatoms. The molecule has 1 rings (SSSR count). The second-order valence-electron chi connectivity index (χ2n) is 3.58. The SMILES string of the molecule is COCCn1cc(C(C)C)c(CF)n1. The number of hydrogen-bond donors (Lipinski definition) is 0. The maximum atomic E-state index is 12.6. The van der Waals surface area contributed by atoms with Crippen LogP contribution in [0.25, 0.3) is 0 Å². The van der Waals surface area contributed by atoms with Crippen molar-refractivity contribution in [2.24, 2.45) is 0 Å². The van der Waals surface area contributed by atoms with E-state index in [1.807, 2.05) is 20.0 Å². The summed E-state index contributed by atoms with van der Waals surface area (Å²) in [5.41, 5.74) is 1.54. The standard InChI is InChI=1S/C10H17FN2O/c1-8(2)9-7-13(4-5-14-3)12-10(9)6-11/h7-8H,4-6H2,1-3H3. The number of methoxy groups -OCH3 is 1. The van der Waals surface area contributed by atoms with Crippen LogP contribution in [0.5, 0.6) is 0 Å². The van der Waals surface area contributed by atoms with Gasteiger partial charge in [-0.2, -0.15) is 5.10 Å². The smallest absolute Gasteiger partial charge is 0.134 e. The van der Waals surface area contributed by atoms with Crippen LogP contribution in [-0.2, 0) is 18.0 Å². The molecule has 0 N–H and O–H groups in total. The molecule has 1 aromatic heterocycles. The first-order valence-corrected chi connectivity index (χ1v) is 4.80. The van der Waals surface area contributed by atoms with E-state index in [0.29, 0.717) is 24.8 Å². The van der Waals surface area contributed by atoms with Crippen molar-refractivity contribution in [3.05, 3.63) is 17.5 Å². The normalized spacial score (nSPS) is 11.2. The summed E-state index contributed by atoms with van der Waals surface area (Å²) in [6, 6.07) is 0. The maximum absolute atomic E-state index is 12.6. The van der Waals surface area contributed by atoms with Gasteiger partial charge < -0.3 is 4.74 Å². The van der Waals surface area contributed by atoms with Gasteiger partial charge in [-0.3, -0.25) is 4.68 Å². The maximum Gasteiger partial charge on any atom is 0.134 e. The average Bonchev–Trinajstić information content (AvgIpc) is 2.57. The summed E-state index contributed by atoms with van der Waals surface area (Å²) in [7, 11) is 1.64. The van der Waals surface area contributed by atoms with Gasteiger partial charge >= 0.3 is 0 Å². The Morgan fingerprint density at radius 2 is 2.29 bits per heavy atom. The quantitative estimate of drug-likeness (QED) is 0.728. The Hall–Kier alpha value is -0.900. The lowest BCUT2D eigenvalue weighted by Crippen LogP contribution is -2.04. The van der Waals surface area contributed by atoms with Crippen molar-refractivity contribution in [2.45, 2.75) is 33.0 Å². The van der Waals surface area contributed by atoms with Crippen molar-refractivity contribution in [2.75, 3.05) is 13.7 Å². The summed E-state index contributed by atoms with van der Waals surface area (Å²) in [5.74, 6) is 0.317. The minimum absolute atomic E-state index is 0.317. The van der Waals surface area contributed by atoms with Crippen molar-refractivity contribution in [3.8, 4) is 0 Å². The number of rotatable bonds is 5. The zero-order chi connectivity index (χ0) is 10.6. The Labute approximate surface area is 83.9 Å². The van der Waals surface area contributed by atoms with E-state index in [1.165, 1.54) is 0 Å². The summed E-state index contributed by atoms with van der Waals surface area (Å²) < 4.78 is 19.3. The highest BCUT2D eigenvalue weighted by Gasteiger charge is 2.11. The number of alkyl halides is 1. The number of aromatic nitrogens is 2. The van der Waals surface area contributed by atoms with E-state index in [9.17, 15) is 4.39 Å². The van der Waals surface area contributed by atoms with Crippen molar-refractivity contribution in [3.63, 3.8) is 0 Å². The molecule has 3 nitrogen and oxygen atoms in total. The largest absolute Gasteiger partial charge is 0.383 e. The third-order valence-corrected chi connectivity index (χ3v) is 2.14. The molecular weight excluding hydrogens is 183 g/mol. The molecule has 80 valence electrons. The van der Waals surface area contributed by atoms with Crippen LogP contribution in [0.4, 0.5) is 4.39 Å². The fourth-order valence-corrected chi connectivity index (χ4v) is 1.36. The van der Waals surface area contributed by atoms with E-state index in [-0.39, 0.29) is 0 Å². The Kier molecular flexibility index (Phi) is 4.07. The Bertz CT molecular complexity index is 284. The molecule has 0 saturated carbocycles. The number of halogens is 1. The minimum atomic E-state index is -0.493. The summed E-state index contributed by atoms with van der Waals surface area (Å²) in [5, 5.41) is 4.15. The molecule has 0 aromatic carbocycles. The molecule has 0 aliphatic carbocycles. The highest BCUT2D eigenvalue weighted by Crippen LogP contribution is 2.18. The van der Waals surface area contributed by atoms with Gasteiger partial charge in [0.2, 0.25) is 0 Å². The van der Waals surface area contributed by atoms with Crippen molar-refractivity contribution < 1.29 is 9.13 Å². The Balaban J connectivity index is 2.78. The second kappa shape index (κ2) is 5.10. The highest BCUT2D eigenvalue weighted by atomic mass is 19.1. The lowest BCUT2D eigenvalue weighted by molar-refractivity contribution is 0.183. The number of ether oxygens (including phenoxy) is 1. The zero-order valence-corrected chi connectivity index (χ0v) is 8.96. The fourth-order valence-electron chi connectivity index (χ4n) is 1.36. The van der Waals surface area contributed by atoms with Crippen LogP contribution in [-0.4, -0.2) is 23.5 Å². The summed E-state index contributed by atoms with van der Waals surface area (Å²) >= 11 is 0. The van der Waals surface area contributed by atoms with Gasteiger partial charge in [0.15, 0.2) is 0 Å². The van der Waals surface area contributed by atoms with Crippen LogP contribution in [0.1, 0.15) is 31.0 Å².